The van der Waals surface area contributed by atoms with Gasteiger partial charge in [-0.2, -0.15) is 13.7 Å². The highest BCUT2D eigenvalue weighted by atomic mass is 32.2. The van der Waals surface area contributed by atoms with Crippen LogP contribution < -0.4 is 4.74 Å². The number of hydrogen-bond donors (Lipinski definition) is 0. The molecule has 2 heterocycles. The number of nitrogens with zero attached hydrogens (tertiary/aromatic N) is 5. The fourth-order valence-corrected chi connectivity index (χ4v) is 3.81. The van der Waals surface area contributed by atoms with Gasteiger partial charge in [-0.25, -0.2) is 0 Å². The number of aromatic nitrogens is 3. The van der Waals surface area contributed by atoms with Crippen LogP contribution in [0.4, 0.5) is 0 Å². The van der Waals surface area contributed by atoms with Crippen LogP contribution in [0, 0.1) is 18.3 Å². The van der Waals surface area contributed by atoms with Crippen molar-refractivity contribution >= 4 is 15.8 Å². The first-order valence-electron chi connectivity index (χ1n) is 9.34. The summed E-state index contributed by atoms with van der Waals surface area (Å²) in [4.78, 5) is 4.84. The van der Waals surface area contributed by atoms with E-state index in [1.165, 1.54) is 0 Å². The van der Waals surface area contributed by atoms with Crippen LogP contribution in [0.25, 0.3) is 5.69 Å². The van der Waals surface area contributed by atoms with Gasteiger partial charge in [0.2, 0.25) is 0 Å². The predicted molar refractivity (Wildman–Crippen MR) is 113 cm³/mol. The van der Waals surface area contributed by atoms with E-state index in [1.807, 2.05) is 29.7 Å². The molecule has 1 aliphatic rings. The SMILES string of the molecule is COc1ccc2c(c1)C(c1ccc(C#N)cc1)=NC(COS(C)(=O)=O)c1nnc(C)n1-2. The summed E-state index contributed by atoms with van der Waals surface area (Å²) in [7, 11) is -2.10. The molecule has 1 unspecified atom stereocenters. The molecule has 0 bridgehead atoms. The lowest BCUT2D eigenvalue weighted by Crippen LogP contribution is -2.15. The van der Waals surface area contributed by atoms with Gasteiger partial charge in [-0.05, 0) is 37.3 Å². The Morgan fingerprint density at radius 3 is 2.55 bits per heavy atom. The second kappa shape index (κ2) is 7.94. The summed E-state index contributed by atoms with van der Waals surface area (Å²) in [5.41, 5.74) is 3.42. The largest absolute Gasteiger partial charge is 0.497 e. The maximum Gasteiger partial charge on any atom is 0.264 e. The summed E-state index contributed by atoms with van der Waals surface area (Å²) in [6.07, 6.45) is 0.991. The molecule has 0 aliphatic carbocycles. The number of methoxy groups -OCH3 is 1. The Hall–Kier alpha value is -3.55. The van der Waals surface area contributed by atoms with Gasteiger partial charge in [0.1, 0.15) is 17.6 Å². The average Bonchev–Trinajstić information content (AvgIpc) is 3.07. The Morgan fingerprint density at radius 2 is 1.90 bits per heavy atom. The minimum absolute atomic E-state index is 0.220. The fraction of sp³-hybridized carbons (Fsp3) is 0.238. The summed E-state index contributed by atoms with van der Waals surface area (Å²) >= 11 is 0. The number of fused-ring (bicyclic) bond motifs is 3. The molecule has 1 aromatic heterocycles. The number of ether oxygens (including phenoxy) is 1. The zero-order valence-corrected chi connectivity index (χ0v) is 17.9. The number of benzene rings is 2. The quantitative estimate of drug-likeness (QED) is 0.562. The molecule has 0 spiro atoms. The van der Waals surface area contributed by atoms with Crippen LogP contribution in [-0.4, -0.2) is 48.9 Å². The highest BCUT2D eigenvalue weighted by Crippen LogP contribution is 2.33. The van der Waals surface area contributed by atoms with Gasteiger partial charge < -0.3 is 4.74 Å². The number of nitriles is 1. The maximum absolute atomic E-state index is 11.6. The minimum Gasteiger partial charge on any atom is -0.497 e. The van der Waals surface area contributed by atoms with E-state index in [0.717, 1.165) is 23.1 Å². The first kappa shape index (κ1) is 20.7. The molecule has 158 valence electrons. The molecule has 0 amide bonds. The zero-order chi connectivity index (χ0) is 22.2. The Balaban J connectivity index is 1.96. The van der Waals surface area contributed by atoms with Crippen LogP contribution in [0.5, 0.6) is 5.75 Å². The van der Waals surface area contributed by atoms with Crippen LogP contribution >= 0.6 is 0 Å². The lowest BCUT2D eigenvalue weighted by atomic mass is 9.99. The van der Waals surface area contributed by atoms with Crippen molar-refractivity contribution in [2.75, 3.05) is 20.0 Å². The Bertz CT molecular complexity index is 1320. The van der Waals surface area contributed by atoms with Gasteiger partial charge in [0.05, 0.1) is 43.0 Å². The van der Waals surface area contributed by atoms with Crippen molar-refractivity contribution in [2.24, 2.45) is 4.99 Å². The molecule has 3 aromatic rings. The molecule has 0 saturated carbocycles. The van der Waals surface area contributed by atoms with Crippen molar-refractivity contribution in [1.29, 1.82) is 5.26 Å². The van der Waals surface area contributed by atoms with Crippen molar-refractivity contribution in [3.05, 3.63) is 70.8 Å². The van der Waals surface area contributed by atoms with E-state index in [4.69, 9.17) is 19.2 Å². The molecule has 9 nitrogen and oxygen atoms in total. The molecular weight excluding hydrogens is 418 g/mol. The van der Waals surface area contributed by atoms with E-state index < -0.39 is 16.2 Å². The molecule has 1 atom stereocenters. The van der Waals surface area contributed by atoms with E-state index >= 15 is 0 Å². The maximum atomic E-state index is 11.6. The summed E-state index contributed by atoms with van der Waals surface area (Å²) in [6.45, 7) is 1.59. The summed E-state index contributed by atoms with van der Waals surface area (Å²) in [5, 5.41) is 17.6. The van der Waals surface area contributed by atoms with Crippen LogP contribution in [0.15, 0.2) is 47.5 Å². The lowest BCUT2D eigenvalue weighted by molar-refractivity contribution is 0.292. The van der Waals surface area contributed by atoms with Gasteiger partial charge in [0.25, 0.3) is 10.1 Å². The molecule has 1 aliphatic heterocycles. The van der Waals surface area contributed by atoms with Crippen LogP contribution in [-0.2, 0) is 14.3 Å². The number of hydrogen-bond acceptors (Lipinski definition) is 8. The second-order valence-corrected chi connectivity index (χ2v) is 8.64. The fourth-order valence-electron chi connectivity index (χ4n) is 3.43. The highest BCUT2D eigenvalue weighted by molar-refractivity contribution is 7.85. The number of aliphatic imine (C=N–C) groups is 1. The standard InChI is InChI=1S/C21H19N5O4S/c1-13-24-25-21-18(12-30-31(3,27)28)23-20(15-6-4-14(11-22)5-7-15)17-10-16(29-2)8-9-19(17)26(13)21/h4-10,18H,12H2,1-3H3. The Morgan fingerprint density at radius 1 is 1.16 bits per heavy atom. The molecule has 0 radical (unpaired) electrons. The van der Waals surface area contributed by atoms with Crippen molar-refractivity contribution in [2.45, 2.75) is 13.0 Å². The molecule has 2 aromatic carbocycles. The average molecular weight is 437 g/mol. The van der Waals surface area contributed by atoms with Gasteiger partial charge in [0, 0.05) is 11.1 Å². The molecule has 4 rings (SSSR count). The summed E-state index contributed by atoms with van der Waals surface area (Å²) in [5.74, 6) is 1.73. The van der Waals surface area contributed by atoms with Crippen LogP contribution in [0.1, 0.15) is 34.4 Å². The normalized spacial score (nSPS) is 15.3. The molecule has 0 fully saturated rings. The van der Waals surface area contributed by atoms with Gasteiger partial charge >= 0.3 is 0 Å². The smallest absolute Gasteiger partial charge is 0.264 e. The molecular formula is C21H19N5O4S. The van der Waals surface area contributed by atoms with E-state index in [2.05, 4.69) is 16.3 Å². The third-order valence-electron chi connectivity index (χ3n) is 4.86. The Kier molecular flexibility index (Phi) is 5.31. The molecule has 31 heavy (non-hydrogen) atoms. The lowest BCUT2D eigenvalue weighted by Gasteiger charge is -2.14. The van der Waals surface area contributed by atoms with E-state index in [9.17, 15) is 8.42 Å². The van der Waals surface area contributed by atoms with Gasteiger partial charge in [-0.15, -0.1) is 10.2 Å². The third kappa shape index (κ3) is 4.05. The first-order chi connectivity index (χ1) is 14.8. The third-order valence-corrected chi connectivity index (χ3v) is 5.42. The van der Waals surface area contributed by atoms with E-state index in [0.29, 0.717) is 28.7 Å². The minimum atomic E-state index is -3.68. The van der Waals surface area contributed by atoms with Gasteiger partial charge in [0.15, 0.2) is 5.82 Å². The van der Waals surface area contributed by atoms with Crippen molar-refractivity contribution in [1.82, 2.24) is 14.8 Å². The highest BCUT2D eigenvalue weighted by Gasteiger charge is 2.29. The first-order valence-corrected chi connectivity index (χ1v) is 11.2. The predicted octanol–water partition coefficient (Wildman–Crippen LogP) is 2.32. The topological polar surface area (TPSA) is 119 Å². The van der Waals surface area contributed by atoms with E-state index in [-0.39, 0.29) is 6.61 Å². The second-order valence-electron chi connectivity index (χ2n) is 7.00. The Labute approximate surface area is 179 Å². The van der Waals surface area contributed by atoms with Gasteiger partial charge in [-0.3, -0.25) is 13.7 Å². The number of aryl methyl sites for hydroxylation is 1. The van der Waals surface area contributed by atoms with Crippen LogP contribution in [0.3, 0.4) is 0 Å². The number of rotatable bonds is 5. The van der Waals surface area contributed by atoms with E-state index in [1.54, 1.807) is 31.4 Å². The summed E-state index contributed by atoms with van der Waals surface area (Å²) < 4.78 is 35.6. The van der Waals surface area contributed by atoms with Crippen molar-refractivity contribution in [3.63, 3.8) is 0 Å². The van der Waals surface area contributed by atoms with Crippen molar-refractivity contribution in [3.8, 4) is 17.5 Å². The van der Waals surface area contributed by atoms with Gasteiger partial charge in [-0.1, -0.05) is 12.1 Å². The van der Waals surface area contributed by atoms with Crippen LogP contribution in [0.2, 0.25) is 0 Å². The molecule has 0 N–H and O–H groups in total. The monoisotopic (exact) mass is 437 g/mol. The van der Waals surface area contributed by atoms with Crippen molar-refractivity contribution < 1.29 is 17.3 Å². The molecule has 0 saturated heterocycles. The zero-order valence-electron chi connectivity index (χ0n) is 17.1. The summed E-state index contributed by atoms with van der Waals surface area (Å²) in [6, 6.07) is 14.0. The molecule has 10 heteroatoms.